The molecule has 0 aromatic heterocycles. The molecule has 0 saturated heterocycles. The molecule has 1 unspecified atom stereocenters. The molecule has 0 bridgehead atoms. The molecule has 0 saturated carbocycles. The molecule has 70 valence electrons. The highest BCUT2D eigenvalue weighted by molar-refractivity contribution is 5.41. The summed E-state index contributed by atoms with van der Waals surface area (Å²) in [4.78, 5) is 0. The molecular formula is C10H12O3. The van der Waals surface area contributed by atoms with Crippen LogP contribution in [0.3, 0.4) is 0 Å². The number of aliphatic hydroxyl groups is 1. The van der Waals surface area contributed by atoms with Crippen molar-refractivity contribution >= 4 is 0 Å². The van der Waals surface area contributed by atoms with Gasteiger partial charge in [-0.3, -0.25) is 0 Å². The van der Waals surface area contributed by atoms with E-state index in [4.69, 9.17) is 9.47 Å². The zero-order valence-corrected chi connectivity index (χ0v) is 7.43. The first-order chi connectivity index (χ1) is 6.31. The van der Waals surface area contributed by atoms with E-state index in [1.54, 1.807) is 0 Å². The molecular weight excluding hydrogens is 168 g/mol. The van der Waals surface area contributed by atoms with Crippen LogP contribution < -0.4 is 9.47 Å². The number of ether oxygens (including phenoxy) is 2. The van der Waals surface area contributed by atoms with Gasteiger partial charge in [-0.2, -0.15) is 0 Å². The lowest BCUT2D eigenvalue weighted by atomic mass is 10.3. The molecule has 1 aliphatic heterocycles. The van der Waals surface area contributed by atoms with Crippen LogP contribution in [-0.4, -0.2) is 17.5 Å². The molecule has 3 heteroatoms. The van der Waals surface area contributed by atoms with Gasteiger partial charge in [-0.05, 0) is 18.6 Å². The molecule has 0 fully saturated rings. The maximum absolute atomic E-state index is 9.48. The molecule has 13 heavy (non-hydrogen) atoms. The van der Waals surface area contributed by atoms with E-state index in [9.17, 15) is 5.11 Å². The van der Waals surface area contributed by atoms with Crippen molar-refractivity contribution in [2.24, 2.45) is 0 Å². The lowest BCUT2D eigenvalue weighted by Gasteiger charge is -2.14. The second-order valence-electron chi connectivity index (χ2n) is 3.03. The third kappa shape index (κ3) is 1.47. The van der Waals surface area contributed by atoms with Gasteiger partial charge in [-0.1, -0.05) is 19.1 Å². The van der Waals surface area contributed by atoms with Crippen LogP contribution in [-0.2, 0) is 0 Å². The first kappa shape index (κ1) is 8.38. The molecule has 2 rings (SSSR count). The maximum Gasteiger partial charge on any atom is 0.267 e. The van der Waals surface area contributed by atoms with E-state index in [2.05, 4.69) is 0 Å². The maximum atomic E-state index is 9.48. The largest absolute Gasteiger partial charge is 0.448 e. The lowest BCUT2D eigenvalue weighted by molar-refractivity contribution is -0.0595. The summed E-state index contributed by atoms with van der Waals surface area (Å²) in [5.74, 6) is 1.42. The average Bonchev–Trinajstić information content (AvgIpc) is 2.59. The molecule has 1 heterocycles. The average molecular weight is 180 g/mol. The number of fused-ring (bicyclic) bond motifs is 1. The fourth-order valence-corrected chi connectivity index (χ4v) is 1.27. The SMILES string of the molecule is CCC(O)C1Oc2ccccc2O1. The van der Waals surface area contributed by atoms with Gasteiger partial charge in [0.2, 0.25) is 0 Å². The second-order valence-corrected chi connectivity index (χ2v) is 3.03. The Morgan fingerprint density at radius 3 is 2.31 bits per heavy atom. The fourth-order valence-electron chi connectivity index (χ4n) is 1.27. The summed E-state index contributed by atoms with van der Waals surface area (Å²) in [6, 6.07) is 7.42. The Hall–Kier alpha value is -1.22. The number of rotatable bonds is 2. The predicted octanol–water partition coefficient (Wildman–Crippen LogP) is 1.55. The van der Waals surface area contributed by atoms with E-state index in [0.717, 1.165) is 0 Å². The van der Waals surface area contributed by atoms with Crippen molar-refractivity contribution in [2.75, 3.05) is 0 Å². The molecule has 0 radical (unpaired) electrons. The van der Waals surface area contributed by atoms with E-state index >= 15 is 0 Å². The standard InChI is InChI=1S/C10H12O3/c1-2-7(11)10-12-8-5-3-4-6-9(8)13-10/h3-7,10-11H,2H2,1H3. The summed E-state index contributed by atoms with van der Waals surface area (Å²) in [6.07, 6.45) is -0.478. The smallest absolute Gasteiger partial charge is 0.267 e. The van der Waals surface area contributed by atoms with Crippen molar-refractivity contribution in [1.82, 2.24) is 0 Å². The van der Waals surface area contributed by atoms with Crippen LogP contribution >= 0.6 is 0 Å². The molecule has 1 atom stereocenters. The topological polar surface area (TPSA) is 38.7 Å². The van der Waals surface area contributed by atoms with Crippen LogP contribution in [0.2, 0.25) is 0 Å². The highest BCUT2D eigenvalue weighted by atomic mass is 16.7. The molecule has 0 spiro atoms. The van der Waals surface area contributed by atoms with Crippen molar-refractivity contribution in [3.05, 3.63) is 24.3 Å². The van der Waals surface area contributed by atoms with Crippen LogP contribution in [0.25, 0.3) is 0 Å². The summed E-state index contributed by atoms with van der Waals surface area (Å²) >= 11 is 0. The van der Waals surface area contributed by atoms with Gasteiger partial charge in [-0.15, -0.1) is 0 Å². The van der Waals surface area contributed by atoms with E-state index in [-0.39, 0.29) is 0 Å². The number of benzene rings is 1. The Morgan fingerprint density at radius 2 is 1.85 bits per heavy atom. The Bertz CT molecular complexity index is 273. The fraction of sp³-hybridized carbons (Fsp3) is 0.400. The molecule has 0 amide bonds. The van der Waals surface area contributed by atoms with Gasteiger partial charge in [0.15, 0.2) is 11.5 Å². The van der Waals surface area contributed by atoms with Crippen LogP contribution in [0.5, 0.6) is 11.5 Å². The van der Waals surface area contributed by atoms with Crippen molar-refractivity contribution < 1.29 is 14.6 Å². The third-order valence-electron chi connectivity index (χ3n) is 2.07. The minimum absolute atomic E-state index is 0.539. The van der Waals surface area contributed by atoms with Crippen molar-refractivity contribution in [1.29, 1.82) is 0 Å². The summed E-state index contributed by atoms with van der Waals surface area (Å²) in [7, 11) is 0. The Kier molecular flexibility index (Phi) is 2.10. The molecule has 1 aliphatic rings. The van der Waals surface area contributed by atoms with E-state index in [1.807, 2.05) is 31.2 Å². The van der Waals surface area contributed by atoms with Gasteiger partial charge in [0, 0.05) is 0 Å². The minimum Gasteiger partial charge on any atom is -0.448 e. The number of para-hydroxylation sites is 2. The first-order valence-corrected chi connectivity index (χ1v) is 4.41. The highest BCUT2D eigenvalue weighted by Gasteiger charge is 2.28. The second kappa shape index (κ2) is 3.26. The van der Waals surface area contributed by atoms with Gasteiger partial charge < -0.3 is 14.6 Å². The van der Waals surface area contributed by atoms with Gasteiger partial charge in [0.25, 0.3) is 6.29 Å². The normalized spacial score (nSPS) is 17.4. The van der Waals surface area contributed by atoms with Crippen LogP contribution in [0, 0.1) is 0 Å². The lowest BCUT2D eigenvalue weighted by Crippen LogP contribution is -2.32. The summed E-state index contributed by atoms with van der Waals surface area (Å²) in [5.41, 5.74) is 0. The quantitative estimate of drug-likeness (QED) is 0.750. The van der Waals surface area contributed by atoms with Gasteiger partial charge >= 0.3 is 0 Å². The van der Waals surface area contributed by atoms with Gasteiger partial charge in [0.05, 0.1) is 0 Å². The molecule has 3 nitrogen and oxygen atoms in total. The Balaban J connectivity index is 2.14. The Labute approximate surface area is 76.9 Å². The number of hydrogen-bond acceptors (Lipinski definition) is 3. The molecule has 1 aromatic rings. The molecule has 0 aliphatic carbocycles. The van der Waals surface area contributed by atoms with Crippen LogP contribution in [0.4, 0.5) is 0 Å². The van der Waals surface area contributed by atoms with Crippen LogP contribution in [0.1, 0.15) is 13.3 Å². The first-order valence-electron chi connectivity index (χ1n) is 4.41. The van der Waals surface area contributed by atoms with Crippen molar-refractivity contribution in [3.63, 3.8) is 0 Å². The summed E-state index contributed by atoms with van der Waals surface area (Å²) in [5, 5.41) is 9.48. The third-order valence-corrected chi connectivity index (χ3v) is 2.07. The number of aliphatic hydroxyl groups excluding tert-OH is 1. The van der Waals surface area contributed by atoms with E-state index < -0.39 is 12.4 Å². The minimum atomic E-state index is -0.563. The predicted molar refractivity (Wildman–Crippen MR) is 47.8 cm³/mol. The monoisotopic (exact) mass is 180 g/mol. The Morgan fingerprint density at radius 1 is 1.31 bits per heavy atom. The van der Waals surface area contributed by atoms with E-state index in [1.165, 1.54) is 0 Å². The van der Waals surface area contributed by atoms with Gasteiger partial charge in [-0.25, -0.2) is 0 Å². The molecule has 1 N–H and O–H groups in total. The van der Waals surface area contributed by atoms with E-state index in [0.29, 0.717) is 17.9 Å². The summed E-state index contributed by atoms with van der Waals surface area (Å²) in [6.45, 7) is 1.89. The van der Waals surface area contributed by atoms with Crippen LogP contribution in [0.15, 0.2) is 24.3 Å². The highest BCUT2D eigenvalue weighted by Crippen LogP contribution is 2.34. The zero-order valence-electron chi connectivity index (χ0n) is 7.43. The number of hydrogen-bond donors (Lipinski definition) is 1. The summed E-state index contributed by atoms with van der Waals surface area (Å²) < 4.78 is 10.8. The van der Waals surface area contributed by atoms with Gasteiger partial charge in [0.1, 0.15) is 6.10 Å². The zero-order chi connectivity index (χ0) is 9.26. The van der Waals surface area contributed by atoms with Crippen molar-refractivity contribution in [3.8, 4) is 11.5 Å². The molecule has 1 aromatic carbocycles. The van der Waals surface area contributed by atoms with Crippen molar-refractivity contribution in [2.45, 2.75) is 25.7 Å².